The van der Waals surface area contributed by atoms with Gasteiger partial charge in [-0.2, -0.15) is 10.2 Å². The topological polar surface area (TPSA) is 116 Å². The molecule has 1 saturated heterocycles. The Kier molecular flexibility index (Phi) is 8.28. The number of ether oxygens (including phenoxy) is 2. The first kappa shape index (κ1) is 26.7. The van der Waals surface area contributed by atoms with Gasteiger partial charge in [0.05, 0.1) is 17.6 Å². The maximum Gasteiger partial charge on any atom is 0.412 e. The van der Waals surface area contributed by atoms with Crippen molar-refractivity contribution < 1.29 is 14.3 Å². The highest BCUT2D eigenvalue weighted by Gasteiger charge is 2.21. The molecule has 0 saturated carbocycles. The Bertz CT molecular complexity index is 1290. The normalized spacial score (nSPS) is 13.9. The zero-order valence-corrected chi connectivity index (χ0v) is 22.2. The van der Waals surface area contributed by atoms with E-state index in [1.54, 1.807) is 12.1 Å². The summed E-state index contributed by atoms with van der Waals surface area (Å²) < 4.78 is 11.3. The van der Waals surface area contributed by atoms with E-state index in [4.69, 9.17) is 9.47 Å². The molecule has 0 radical (unpaired) electrons. The van der Waals surface area contributed by atoms with Gasteiger partial charge in [0.25, 0.3) is 0 Å². The van der Waals surface area contributed by atoms with Crippen LogP contribution in [0.2, 0.25) is 0 Å². The molecule has 1 aliphatic heterocycles. The van der Waals surface area contributed by atoms with Gasteiger partial charge in [0.1, 0.15) is 23.0 Å². The van der Waals surface area contributed by atoms with Crippen molar-refractivity contribution in [2.45, 2.75) is 33.3 Å². The molecule has 1 aliphatic rings. The summed E-state index contributed by atoms with van der Waals surface area (Å²) in [5.74, 6) is 0.892. The van der Waals surface area contributed by atoms with Crippen LogP contribution in [0.15, 0.2) is 54.7 Å². The Labute approximate surface area is 223 Å². The third-order valence-electron chi connectivity index (χ3n) is 5.90. The molecule has 4 rings (SSSR count). The van der Waals surface area contributed by atoms with Gasteiger partial charge in [-0.05, 0) is 57.6 Å². The number of amides is 1. The molecule has 10 heteroatoms. The predicted molar refractivity (Wildman–Crippen MR) is 147 cm³/mol. The minimum Gasteiger partial charge on any atom is -0.444 e. The van der Waals surface area contributed by atoms with E-state index in [-0.39, 0.29) is 17.4 Å². The van der Waals surface area contributed by atoms with Gasteiger partial charge in [0, 0.05) is 31.9 Å². The average Bonchev–Trinajstić information content (AvgIpc) is 2.89. The molecule has 38 heavy (non-hydrogen) atoms. The monoisotopic (exact) mass is 515 g/mol. The minimum absolute atomic E-state index is 0.128. The van der Waals surface area contributed by atoms with Crippen LogP contribution in [-0.4, -0.2) is 59.3 Å². The molecule has 198 valence electrons. The molecule has 0 bridgehead atoms. The SMILES string of the molecule is CCN1CCN(c2ccc(Nc3ncc(C#N)c(Oc4ccccc4)n3)c(NC(=O)OC(C)(C)C)c2)CC1. The molecule has 1 amide bonds. The Morgan fingerprint density at radius 3 is 2.47 bits per heavy atom. The van der Waals surface area contributed by atoms with Crippen LogP contribution < -0.4 is 20.3 Å². The van der Waals surface area contributed by atoms with Crippen LogP contribution in [-0.2, 0) is 4.74 Å². The fourth-order valence-electron chi connectivity index (χ4n) is 3.98. The molecular formula is C28H33N7O3. The summed E-state index contributed by atoms with van der Waals surface area (Å²) in [5.41, 5.74) is 1.64. The Morgan fingerprint density at radius 1 is 1.08 bits per heavy atom. The number of anilines is 4. The number of nitrogens with zero attached hydrogens (tertiary/aromatic N) is 5. The molecule has 0 unspecified atom stereocenters. The second kappa shape index (κ2) is 11.8. The largest absolute Gasteiger partial charge is 0.444 e. The third-order valence-corrected chi connectivity index (χ3v) is 5.90. The van der Waals surface area contributed by atoms with E-state index in [0.29, 0.717) is 17.1 Å². The molecule has 2 aromatic carbocycles. The number of nitrogens with one attached hydrogen (secondary N) is 2. The quantitative estimate of drug-likeness (QED) is 0.428. The number of para-hydroxylation sites is 1. The lowest BCUT2D eigenvalue weighted by molar-refractivity contribution is 0.0636. The van der Waals surface area contributed by atoms with Crippen molar-refractivity contribution in [3.63, 3.8) is 0 Å². The number of carbonyl (C=O) groups excluding carboxylic acids is 1. The van der Waals surface area contributed by atoms with E-state index in [1.165, 1.54) is 6.20 Å². The number of aromatic nitrogens is 2. The number of nitriles is 1. The van der Waals surface area contributed by atoms with Gasteiger partial charge in [0.2, 0.25) is 11.8 Å². The summed E-state index contributed by atoms with van der Waals surface area (Å²) in [6.45, 7) is 12.4. The van der Waals surface area contributed by atoms with Gasteiger partial charge in [-0.25, -0.2) is 9.78 Å². The summed E-state index contributed by atoms with van der Waals surface area (Å²) in [5, 5.41) is 15.5. The lowest BCUT2D eigenvalue weighted by Crippen LogP contribution is -2.46. The summed E-state index contributed by atoms with van der Waals surface area (Å²) in [6, 6.07) is 16.9. The number of benzene rings is 2. The highest BCUT2D eigenvalue weighted by atomic mass is 16.6. The Balaban J connectivity index is 1.61. The third kappa shape index (κ3) is 7.11. The van der Waals surface area contributed by atoms with E-state index in [0.717, 1.165) is 38.4 Å². The number of likely N-dealkylation sites (N-methyl/N-ethyl adjacent to an activating group) is 1. The van der Waals surface area contributed by atoms with Crippen molar-refractivity contribution in [3.05, 3.63) is 60.3 Å². The zero-order valence-electron chi connectivity index (χ0n) is 22.2. The van der Waals surface area contributed by atoms with Crippen molar-refractivity contribution in [3.8, 4) is 17.7 Å². The first-order valence-electron chi connectivity index (χ1n) is 12.6. The molecule has 2 heterocycles. The Hall–Kier alpha value is -4.36. The highest BCUT2D eigenvalue weighted by Crippen LogP contribution is 2.32. The van der Waals surface area contributed by atoms with Gasteiger partial charge in [-0.3, -0.25) is 5.32 Å². The van der Waals surface area contributed by atoms with Crippen molar-refractivity contribution >= 4 is 29.1 Å². The first-order chi connectivity index (χ1) is 18.2. The molecule has 10 nitrogen and oxygen atoms in total. The lowest BCUT2D eigenvalue weighted by atomic mass is 10.2. The zero-order chi connectivity index (χ0) is 27.1. The second-order valence-corrected chi connectivity index (χ2v) is 9.84. The first-order valence-corrected chi connectivity index (χ1v) is 12.6. The van der Waals surface area contributed by atoms with E-state index in [9.17, 15) is 10.1 Å². The number of hydrogen-bond donors (Lipinski definition) is 2. The van der Waals surface area contributed by atoms with Crippen LogP contribution in [0.25, 0.3) is 0 Å². The van der Waals surface area contributed by atoms with Crippen LogP contribution in [0.5, 0.6) is 11.6 Å². The lowest BCUT2D eigenvalue weighted by Gasteiger charge is -2.35. The maximum absolute atomic E-state index is 12.7. The molecule has 0 aliphatic carbocycles. The summed E-state index contributed by atoms with van der Waals surface area (Å²) >= 11 is 0. The Morgan fingerprint density at radius 2 is 1.82 bits per heavy atom. The van der Waals surface area contributed by atoms with Crippen molar-refractivity contribution in [2.24, 2.45) is 0 Å². The molecule has 3 aromatic rings. The van der Waals surface area contributed by atoms with Crippen LogP contribution in [0.1, 0.15) is 33.3 Å². The molecule has 0 atom stereocenters. The van der Waals surface area contributed by atoms with Gasteiger partial charge >= 0.3 is 6.09 Å². The van der Waals surface area contributed by atoms with Gasteiger partial charge in [-0.15, -0.1) is 0 Å². The highest BCUT2D eigenvalue weighted by molar-refractivity contribution is 5.91. The van der Waals surface area contributed by atoms with E-state index >= 15 is 0 Å². The molecular weight excluding hydrogens is 482 g/mol. The van der Waals surface area contributed by atoms with Gasteiger partial charge in [0.15, 0.2) is 0 Å². The predicted octanol–water partition coefficient (Wildman–Crippen LogP) is 5.37. The minimum atomic E-state index is -0.647. The molecule has 1 fully saturated rings. The van der Waals surface area contributed by atoms with Crippen molar-refractivity contribution in [1.82, 2.24) is 14.9 Å². The van der Waals surface area contributed by atoms with Crippen LogP contribution in [0.3, 0.4) is 0 Å². The summed E-state index contributed by atoms with van der Waals surface area (Å²) in [6.07, 6.45) is 0.832. The fraction of sp³-hybridized carbons (Fsp3) is 0.357. The number of carbonyl (C=O) groups is 1. The maximum atomic E-state index is 12.7. The van der Waals surface area contributed by atoms with Gasteiger partial charge < -0.3 is 24.6 Å². The molecule has 0 spiro atoms. The van der Waals surface area contributed by atoms with Crippen molar-refractivity contribution in [1.29, 1.82) is 5.26 Å². The van der Waals surface area contributed by atoms with Gasteiger partial charge in [-0.1, -0.05) is 25.1 Å². The molecule has 1 aromatic heterocycles. The summed E-state index contributed by atoms with van der Waals surface area (Å²) in [7, 11) is 0. The second-order valence-electron chi connectivity index (χ2n) is 9.84. The van der Waals surface area contributed by atoms with Crippen LogP contribution in [0.4, 0.5) is 27.8 Å². The van der Waals surface area contributed by atoms with Crippen LogP contribution in [0, 0.1) is 11.3 Å². The number of piperazine rings is 1. The van der Waals surface area contributed by atoms with E-state index in [2.05, 4.69) is 43.4 Å². The average molecular weight is 516 g/mol. The van der Waals surface area contributed by atoms with E-state index in [1.807, 2.05) is 57.2 Å². The van der Waals surface area contributed by atoms with Crippen LogP contribution >= 0.6 is 0 Å². The van der Waals surface area contributed by atoms with E-state index < -0.39 is 11.7 Å². The molecule has 2 N–H and O–H groups in total. The standard InChI is InChI=1S/C28H33N7O3/c1-5-34-13-15-35(16-14-34)21-11-12-23(24(17-21)32-27(36)38-28(2,3)4)31-26-30-19-20(18-29)25(33-26)37-22-9-7-6-8-10-22/h6-12,17,19H,5,13-16H2,1-4H3,(H,32,36)(H,30,31,33). The number of hydrogen-bond acceptors (Lipinski definition) is 9. The smallest absolute Gasteiger partial charge is 0.412 e. The van der Waals surface area contributed by atoms with Crippen molar-refractivity contribution in [2.75, 3.05) is 48.3 Å². The number of rotatable bonds is 7. The summed E-state index contributed by atoms with van der Waals surface area (Å²) in [4.78, 5) is 26.1. The fourth-order valence-corrected chi connectivity index (χ4v) is 3.98.